The highest BCUT2D eigenvalue weighted by molar-refractivity contribution is 7.09. The van der Waals surface area contributed by atoms with E-state index in [4.69, 9.17) is 11.6 Å². The summed E-state index contributed by atoms with van der Waals surface area (Å²) < 4.78 is 0. The summed E-state index contributed by atoms with van der Waals surface area (Å²) in [5, 5.41) is 0. The molecule has 0 aromatic carbocycles. The highest BCUT2D eigenvalue weighted by Crippen LogP contribution is 2.16. The molecule has 62 valence electrons. The fraction of sp³-hybridized carbons (Fsp3) is 0.625. The van der Waals surface area contributed by atoms with Gasteiger partial charge in [0.25, 0.3) is 0 Å². The Labute approximate surface area is 76.4 Å². The maximum Gasteiger partial charge on any atom is 0.0794 e. The van der Waals surface area contributed by atoms with E-state index < -0.39 is 0 Å². The third-order valence-electron chi connectivity index (χ3n) is 1.77. The monoisotopic (exact) mass is 189 g/mol. The fourth-order valence-corrected chi connectivity index (χ4v) is 1.97. The van der Waals surface area contributed by atoms with Crippen LogP contribution in [0.1, 0.15) is 18.2 Å². The van der Waals surface area contributed by atoms with Crippen LogP contribution in [0.3, 0.4) is 0 Å². The predicted molar refractivity (Wildman–Crippen MR) is 50.3 cm³/mol. The van der Waals surface area contributed by atoms with E-state index in [0.29, 0.717) is 5.92 Å². The Kier molecular flexibility index (Phi) is 3.87. The lowest BCUT2D eigenvalue weighted by Crippen LogP contribution is -2.03. The number of hydrogen-bond acceptors (Lipinski definition) is 2. The molecule has 11 heavy (non-hydrogen) atoms. The molecule has 1 unspecified atom stereocenters. The first-order chi connectivity index (χ1) is 5.36. The summed E-state index contributed by atoms with van der Waals surface area (Å²) >= 11 is 7.48. The maximum absolute atomic E-state index is 5.77. The molecule has 0 aliphatic carbocycles. The fourth-order valence-electron chi connectivity index (χ4n) is 0.935. The van der Waals surface area contributed by atoms with Crippen LogP contribution in [0.5, 0.6) is 0 Å². The maximum atomic E-state index is 5.77. The quantitative estimate of drug-likeness (QED) is 0.664. The van der Waals surface area contributed by atoms with Gasteiger partial charge >= 0.3 is 0 Å². The Balaban J connectivity index is 2.41. The molecule has 1 atom stereocenters. The Bertz CT molecular complexity index is 182. The first-order valence-electron chi connectivity index (χ1n) is 3.80. The largest absolute Gasteiger partial charge is 0.253 e. The van der Waals surface area contributed by atoms with Crippen LogP contribution < -0.4 is 0 Å². The molecular weight excluding hydrogens is 178 g/mol. The molecular formula is C8H12ClNS. The van der Waals surface area contributed by atoms with Gasteiger partial charge in [0, 0.05) is 17.0 Å². The lowest BCUT2D eigenvalue weighted by atomic mass is 10.0. The number of rotatable bonds is 4. The number of thiazole rings is 1. The summed E-state index contributed by atoms with van der Waals surface area (Å²) in [6.45, 7) is 2.17. The summed E-state index contributed by atoms with van der Waals surface area (Å²) in [7, 11) is 0. The normalized spacial score (nSPS) is 13.3. The van der Waals surface area contributed by atoms with E-state index in [1.165, 1.54) is 4.88 Å². The molecule has 0 N–H and O–H groups in total. The van der Waals surface area contributed by atoms with Gasteiger partial charge in [-0.15, -0.1) is 22.9 Å². The summed E-state index contributed by atoms with van der Waals surface area (Å²) in [5.41, 5.74) is 1.87. The summed E-state index contributed by atoms with van der Waals surface area (Å²) in [5.74, 6) is 1.38. The van der Waals surface area contributed by atoms with Gasteiger partial charge in [-0.2, -0.15) is 0 Å². The smallest absolute Gasteiger partial charge is 0.0794 e. The molecule has 1 aromatic heterocycles. The van der Waals surface area contributed by atoms with Crippen LogP contribution in [-0.4, -0.2) is 10.9 Å². The second-order valence-corrected chi connectivity index (χ2v) is 3.88. The van der Waals surface area contributed by atoms with E-state index in [9.17, 15) is 0 Å². The van der Waals surface area contributed by atoms with Crippen molar-refractivity contribution in [3.8, 4) is 0 Å². The minimum absolute atomic E-state index is 0.622. The highest BCUT2D eigenvalue weighted by atomic mass is 35.5. The molecule has 0 saturated heterocycles. The average Bonchev–Trinajstić information content (AvgIpc) is 2.52. The molecule has 0 radical (unpaired) electrons. The zero-order valence-electron chi connectivity index (χ0n) is 6.59. The SMILES string of the molecule is CCC(CCl)Cc1cncs1. The molecule has 0 saturated carbocycles. The van der Waals surface area contributed by atoms with Crippen LogP contribution in [0, 0.1) is 5.92 Å². The zero-order chi connectivity index (χ0) is 8.10. The van der Waals surface area contributed by atoms with Crippen LogP contribution in [0.2, 0.25) is 0 Å². The third-order valence-corrected chi connectivity index (χ3v) is 3.01. The van der Waals surface area contributed by atoms with Crippen molar-refractivity contribution in [3.63, 3.8) is 0 Å². The van der Waals surface area contributed by atoms with Gasteiger partial charge < -0.3 is 0 Å². The average molecular weight is 190 g/mol. The van der Waals surface area contributed by atoms with Gasteiger partial charge in [0.2, 0.25) is 0 Å². The lowest BCUT2D eigenvalue weighted by molar-refractivity contribution is 0.571. The standard InChI is InChI=1S/C8H12ClNS/c1-2-7(4-9)3-8-5-10-6-11-8/h5-7H,2-4H2,1H3. The van der Waals surface area contributed by atoms with Crippen LogP contribution in [0.4, 0.5) is 0 Å². The van der Waals surface area contributed by atoms with Crippen molar-refractivity contribution in [2.45, 2.75) is 19.8 Å². The van der Waals surface area contributed by atoms with Gasteiger partial charge in [-0.3, -0.25) is 4.98 Å². The van der Waals surface area contributed by atoms with E-state index in [-0.39, 0.29) is 0 Å². The number of alkyl halides is 1. The second kappa shape index (κ2) is 4.73. The summed E-state index contributed by atoms with van der Waals surface area (Å²) in [6, 6.07) is 0. The van der Waals surface area contributed by atoms with Gasteiger partial charge in [0.15, 0.2) is 0 Å². The van der Waals surface area contributed by atoms with Gasteiger partial charge in [-0.1, -0.05) is 13.3 Å². The second-order valence-electron chi connectivity index (χ2n) is 2.60. The molecule has 1 aromatic rings. The van der Waals surface area contributed by atoms with Gasteiger partial charge in [-0.05, 0) is 12.3 Å². The lowest BCUT2D eigenvalue weighted by Gasteiger charge is -2.07. The van der Waals surface area contributed by atoms with Crippen LogP contribution >= 0.6 is 22.9 Å². The molecule has 0 aliphatic rings. The van der Waals surface area contributed by atoms with E-state index >= 15 is 0 Å². The minimum atomic E-state index is 0.622. The van der Waals surface area contributed by atoms with Crippen LogP contribution in [0.25, 0.3) is 0 Å². The highest BCUT2D eigenvalue weighted by Gasteiger charge is 2.06. The molecule has 0 spiro atoms. The van der Waals surface area contributed by atoms with Crippen molar-refractivity contribution in [2.24, 2.45) is 5.92 Å². The topological polar surface area (TPSA) is 12.9 Å². The molecule has 3 heteroatoms. The van der Waals surface area contributed by atoms with E-state index in [2.05, 4.69) is 11.9 Å². The van der Waals surface area contributed by atoms with Crippen molar-refractivity contribution in [1.29, 1.82) is 0 Å². The Morgan fingerprint density at radius 2 is 2.55 bits per heavy atom. The van der Waals surface area contributed by atoms with Crippen molar-refractivity contribution >= 4 is 22.9 Å². The first kappa shape index (κ1) is 9.01. The number of aromatic nitrogens is 1. The molecule has 0 amide bonds. The summed E-state index contributed by atoms with van der Waals surface area (Å²) in [6.07, 6.45) is 4.17. The van der Waals surface area contributed by atoms with Crippen molar-refractivity contribution < 1.29 is 0 Å². The molecule has 1 heterocycles. The van der Waals surface area contributed by atoms with Gasteiger partial charge in [0.1, 0.15) is 0 Å². The number of nitrogens with zero attached hydrogens (tertiary/aromatic N) is 1. The molecule has 1 nitrogen and oxygen atoms in total. The Morgan fingerprint density at radius 1 is 1.73 bits per heavy atom. The first-order valence-corrected chi connectivity index (χ1v) is 5.21. The Hall–Kier alpha value is -0.0800. The summed E-state index contributed by atoms with van der Waals surface area (Å²) in [4.78, 5) is 5.36. The van der Waals surface area contributed by atoms with Crippen molar-refractivity contribution in [2.75, 3.05) is 5.88 Å². The molecule has 0 bridgehead atoms. The molecule has 0 aliphatic heterocycles. The third kappa shape index (κ3) is 2.80. The molecule has 0 fully saturated rings. The minimum Gasteiger partial charge on any atom is -0.253 e. The molecule has 1 rings (SSSR count). The number of hydrogen-bond donors (Lipinski definition) is 0. The zero-order valence-corrected chi connectivity index (χ0v) is 8.16. The van der Waals surface area contributed by atoms with Gasteiger partial charge in [-0.25, -0.2) is 0 Å². The van der Waals surface area contributed by atoms with Crippen molar-refractivity contribution in [3.05, 3.63) is 16.6 Å². The van der Waals surface area contributed by atoms with Crippen LogP contribution in [-0.2, 0) is 6.42 Å². The van der Waals surface area contributed by atoms with Crippen LogP contribution in [0.15, 0.2) is 11.7 Å². The predicted octanol–water partition coefficient (Wildman–Crippen LogP) is 2.95. The number of halogens is 1. The van der Waals surface area contributed by atoms with E-state index in [1.807, 2.05) is 11.7 Å². The van der Waals surface area contributed by atoms with Crippen molar-refractivity contribution in [1.82, 2.24) is 4.98 Å². The Morgan fingerprint density at radius 3 is 3.00 bits per heavy atom. The van der Waals surface area contributed by atoms with E-state index in [1.54, 1.807) is 11.3 Å². The van der Waals surface area contributed by atoms with E-state index in [0.717, 1.165) is 18.7 Å². The van der Waals surface area contributed by atoms with Gasteiger partial charge in [0.05, 0.1) is 5.51 Å².